The van der Waals surface area contributed by atoms with Crippen molar-refractivity contribution in [2.45, 2.75) is 63.8 Å². The van der Waals surface area contributed by atoms with Crippen LogP contribution in [-0.2, 0) is 14.3 Å². The SMILES string of the molecule is CCOC(=O)[C@H]1CCC[NH+](CC(=O)NC23CC4CC(CC(C4)C2)C3)C1. The second-order valence-corrected chi connectivity index (χ2v) is 9.22. The summed E-state index contributed by atoms with van der Waals surface area (Å²) in [6, 6.07) is 0. The summed E-state index contributed by atoms with van der Waals surface area (Å²) < 4.78 is 5.17. The van der Waals surface area contributed by atoms with Crippen molar-refractivity contribution in [2.75, 3.05) is 26.2 Å². The third-order valence-electron chi connectivity index (χ3n) is 7.09. The summed E-state index contributed by atoms with van der Waals surface area (Å²) >= 11 is 0. The van der Waals surface area contributed by atoms with Crippen molar-refractivity contribution in [3.05, 3.63) is 0 Å². The monoisotopic (exact) mass is 349 g/mol. The summed E-state index contributed by atoms with van der Waals surface area (Å²) in [7, 11) is 0. The number of ether oxygens (including phenoxy) is 1. The van der Waals surface area contributed by atoms with E-state index in [9.17, 15) is 9.59 Å². The molecule has 0 spiro atoms. The smallest absolute Gasteiger partial charge is 0.314 e. The maximum atomic E-state index is 12.7. The van der Waals surface area contributed by atoms with Gasteiger partial charge in [0.05, 0.1) is 19.7 Å². The third-order valence-corrected chi connectivity index (χ3v) is 7.09. The van der Waals surface area contributed by atoms with Crippen molar-refractivity contribution in [3.63, 3.8) is 0 Å². The van der Waals surface area contributed by atoms with E-state index < -0.39 is 0 Å². The first-order chi connectivity index (χ1) is 12.0. The lowest BCUT2D eigenvalue weighted by Gasteiger charge is -2.56. The predicted molar refractivity (Wildman–Crippen MR) is 94.0 cm³/mol. The van der Waals surface area contributed by atoms with Gasteiger partial charge in [-0.15, -0.1) is 0 Å². The van der Waals surface area contributed by atoms with Crippen LogP contribution in [0.4, 0.5) is 0 Å². The van der Waals surface area contributed by atoms with Gasteiger partial charge in [0.15, 0.2) is 6.54 Å². The van der Waals surface area contributed by atoms with Crippen LogP contribution in [-0.4, -0.2) is 43.7 Å². The second-order valence-electron chi connectivity index (χ2n) is 9.22. The van der Waals surface area contributed by atoms with Gasteiger partial charge in [-0.3, -0.25) is 9.59 Å². The van der Waals surface area contributed by atoms with Gasteiger partial charge in [0.25, 0.3) is 5.91 Å². The van der Waals surface area contributed by atoms with Gasteiger partial charge in [0, 0.05) is 5.54 Å². The molecule has 5 aliphatic rings. The Bertz CT molecular complexity index is 498. The number of rotatable bonds is 5. The molecule has 4 bridgehead atoms. The number of likely N-dealkylation sites (tertiary alicyclic amines) is 1. The lowest BCUT2D eigenvalue weighted by molar-refractivity contribution is -0.899. The molecule has 0 radical (unpaired) electrons. The van der Waals surface area contributed by atoms with E-state index in [0.717, 1.165) is 43.7 Å². The highest BCUT2D eigenvalue weighted by atomic mass is 16.5. The van der Waals surface area contributed by atoms with Crippen molar-refractivity contribution in [1.29, 1.82) is 0 Å². The molecule has 1 saturated heterocycles. The Balaban J connectivity index is 1.31. The highest BCUT2D eigenvalue weighted by molar-refractivity contribution is 5.78. The minimum Gasteiger partial charge on any atom is -0.466 e. The van der Waals surface area contributed by atoms with Crippen LogP contribution in [0.3, 0.4) is 0 Å². The Labute approximate surface area is 150 Å². The predicted octanol–water partition coefficient (Wildman–Crippen LogP) is 0.929. The van der Waals surface area contributed by atoms with E-state index in [0.29, 0.717) is 13.2 Å². The highest BCUT2D eigenvalue weighted by Gasteiger charge is 2.51. The van der Waals surface area contributed by atoms with Crippen molar-refractivity contribution in [1.82, 2.24) is 5.32 Å². The van der Waals surface area contributed by atoms with E-state index in [2.05, 4.69) is 5.32 Å². The van der Waals surface area contributed by atoms with Crippen molar-refractivity contribution < 1.29 is 19.2 Å². The van der Waals surface area contributed by atoms with Crippen LogP contribution >= 0.6 is 0 Å². The van der Waals surface area contributed by atoms with Gasteiger partial charge in [-0.2, -0.15) is 0 Å². The minimum atomic E-state index is -0.0822. The number of carbonyl (C=O) groups excluding carboxylic acids is 2. The van der Waals surface area contributed by atoms with Gasteiger partial charge >= 0.3 is 5.97 Å². The van der Waals surface area contributed by atoms with Crippen LogP contribution in [0, 0.1) is 23.7 Å². The van der Waals surface area contributed by atoms with Crippen molar-refractivity contribution in [2.24, 2.45) is 23.7 Å². The second kappa shape index (κ2) is 6.90. The molecule has 2 N–H and O–H groups in total. The number of amides is 1. The van der Waals surface area contributed by atoms with Gasteiger partial charge in [-0.05, 0) is 76.0 Å². The maximum Gasteiger partial charge on any atom is 0.314 e. The topological polar surface area (TPSA) is 59.8 Å². The largest absolute Gasteiger partial charge is 0.466 e. The first-order valence-electron chi connectivity index (χ1n) is 10.4. The molecule has 2 atom stereocenters. The molecule has 4 saturated carbocycles. The van der Waals surface area contributed by atoms with E-state index in [1.165, 1.54) is 43.4 Å². The Hall–Kier alpha value is -1.10. The Kier molecular flexibility index (Phi) is 4.78. The molecule has 4 aliphatic carbocycles. The summed E-state index contributed by atoms with van der Waals surface area (Å²) in [5.41, 5.74) is 0.0988. The molecule has 5 heteroatoms. The van der Waals surface area contributed by atoms with Gasteiger partial charge in [0.1, 0.15) is 5.92 Å². The Morgan fingerprint density at radius 3 is 2.36 bits per heavy atom. The molecular formula is C20H33N2O3+. The third kappa shape index (κ3) is 3.71. The summed E-state index contributed by atoms with van der Waals surface area (Å²) in [6.45, 7) is 4.54. The summed E-state index contributed by atoms with van der Waals surface area (Å²) in [5, 5.41) is 3.47. The Morgan fingerprint density at radius 2 is 1.76 bits per heavy atom. The molecule has 140 valence electrons. The van der Waals surface area contributed by atoms with Crippen LogP contribution in [0.5, 0.6) is 0 Å². The van der Waals surface area contributed by atoms with Crippen LogP contribution < -0.4 is 10.2 Å². The summed E-state index contributed by atoms with van der Waals surface area (Å²) in [5.74, 6) is 2.63. The molecule has 5 nitrogen and oxygen atoms in total. The van der Waals surface area contributed by atoms with E-state index in [4.69, 9.17) is 4.74 Å². The number of piperidine rings is 1. The molecule has 0 aromatic carbocycles. The fourth-order valence-corrected chi connectivity index (χ4v) is 6.60. The molecule has 1 aliphatic heterocycles. The fraction of sp³-hybridized carbons (Fsp3) is 0.900. The lowest BCUT2D eigenvalue weighted by Crippen LogP contribution is -3.15. The first kappa shape index (κ1) is 17.3. The molecule has 5 rings (SSSR count). The quantitative estimate of drug-likeness (QED) is 0.726. The number of carbonyl (C=O) groups is 2. The average molecular weight is 349 g/mol. The zero-order valence-electron chi connectivity index (χ0n) is 15.5. The normalized spacial score (nSPS) is 42.2. The van der Waals surface area contributed by atoms with Gasteiger partial charge < -0.3 is 15.0 Å². The summed E-state index contributed by atoms with van der Waals surface area (Å²) in [6.07, 6.45) is 9.69. The first-order valence-corrected chi connectivity index (χ1v) is 10.4. The summed E-state index contributed by atoms with van der Waals surface area (Å²) in [4.78, 5) is 26.0. The minimum absolute atomic E-state index is 0.0314. The highest BCUT2D eigenvalue weighted by Crippen LogP contribution is 2.55. The molecule has 0 aromatic heterocycles. The van der Waals surface area contributed by atoms with Gasteiger partial charge in [0.2, 0.25) is 0 Å². The van der Waals surface area contributed by atoms with E-state index >= 15 is 0 Å². The molecule has 0 aromatic rings. The van der Waals surface area contributed by atoms with Crippen LogP contribution in [0.25, 0.3) is 0 Å². The number of nitrogens with one attached hydrogen (secondary N) is 2. The van der Waals surface area contributed by atoms with Crippen molar-refractivity contribution in [3.8, 4) is 0 Å². The fourth-order valence-electron chi connectivity index (χ4n) is 6.60. The molecule has 1 amide bonds. The van der Waals surface area contributed by atoms with Crippen LogP contribution in [0.2, 0.25) is 0 Å². The van der Waals surface area contributed by atoms with Gasteiger partial charge in [-0.1, -0.05) is 0 Å². The van der Waals surface area contributed by atoms with Crippen LogP contribution in [0.15, 0.2) is 0 Å². The number of esters is 1. The van der Waals surface area contributed by atoms with E-state index in [-0.39, 0.29) is 23.3 Å². The van der Waals surface area contributed by atoms with Crippen molar-refractivity contribution >= 4 is 11.9 Å². The molecule has 5 fully saturated rings. The number of hydrogen-bond donors (Lipinski definition) is 2. The standard InChI is InChI=1S/C20H32N2O3/c1-2-25-19(24)17-4-3-5-22(12-17)13-18(23)21-20-9-14-6-15(10-20)8-16(7-14)11-20/h14-17H,2-13H2,1H3,(H,21,23)/p+1/t14?,15?,16?,17-,20?/m0/s1. The van der Waals surface area contributed by atoms with E-state index in [1.807, 2.05) is 6.92 Å². The molecule has 25 heavy (non-hydrogen) atoms. The van der Waals surface area contributed by atoms with Gasteiger partial charge in [-0.25, -0.2) is 0 Å². The maximum absolute atomic E-state index is 12.7. The zero-order valence-corrected chi connectivity index (χ0v) is 15.5. The molecular weight excluding hydrogens is 316 g/mol. The van der Waals surface area contributed by atoms with E-state index in [1.54, 1.807) is 0 Å². The molecule has 1 unspecified atom stereocenters. The zero-order chi connectivity index (χ0) is 17.4. The Morgan fingerprint density at radius 1 is 1.12 bits per heavy atom. The van der Waals surface area contributed by atoms with Crippen LogP contribution in [0.1, 0.15) is 58.3 Å². The number of quaternary nitrogens is 1. The lowest BCUT2D eigenvalue weighted by atomic mass is 9.53. The number of hydrogen-bond acceptors (Lipinski definition) is 3. The molecule has 1 heterocycles. The average Bonchev–Trinajstić information content (AvgIpc) is 2.53.